The van der Waals surface area contributed by atoms with Crippen molar-refractivity contribution < 1.29 is 18.8 Å². The highest BCUT2D eigenvalue weighted by Crippen LogP contribution is 2.28. The number of hydrogen-bond donors (Lipinski definition) is 0. The molecule has 5 rings (SSSR count). The molecule has 3 aromatic rings. The maximum absolute atomic E-state index is 13.1. The van der Waals surface area contributed by atoms with E-state index in [1.165, 1.54) is 0 Å². The number of amides is 1. The molecule has 2 aliphatic heterocycles. The lowest BCUT2D eigenvalue weighted by molar-refractivity contribution is 0.0211. The summed E-state index contributed by atoms with van der Waals surface area (Å²) in [5.41, 5.74) is 1.45. The lowest BCUT2D eigenvalue weighted by Crippen LogP contribution is -2.29. The van der Waals surface area contributed by atoms with Gasteiger partial charge in [0.15, 0.2) is 11.5 Å². The number of benzene rings is 1. The molecule has 1 aromatic carbocycles. The first-order valence-corrected chi connectivity index (χ1v) is 11.4. The van der Waals surface area contributed by atoms with E-state index in [2.05, 4.69) is 15.2 Å². The van der Waals surface area contributed by atoms with Crippen molar-refractivity contribution in [3.05, 3.63) is 41.7 Å². The molecule has 1 unspecified atom stereocenters. The summed E-state index contributed by atoms with van der Waals surface area (Å²) in [6.45, 7) is 4.22. The van der Waals surface area contributed by atoms with Crippen LogP contribution in [0.5, 0.6) is 0 Å². The average Bonchev–Trinajstić information content (AvgIpc) is 3.56. The molecule has 0 bridgehead atoms. The van der Waals surface area contributed by atoms with Gasteiger partial charge < -0.3 is 18.9 Å². The van der Waals surface area contributed by atoms with Crippen LogP contribution in [-0.4, -0.2) is 70.2 Å². The maximum atomic E-state index is 13.1. The van der Waals surface area contributed by atoms with Crippen LogP contribution >= 0.6 is 0 Å². The van der Waals surface area contributed by atoms with Crippen molar-refractivity contribution >= 4 is 16.8 Å². The molecule has 32 heavy (non-hydrogen) atoms. The van der Waals surface area contributed by atoms with Crippen LogP contribution in [0.25, 0.3) is 10.9 Å². The topological polar surface area (TPSA) is 95.5 Å². The van der Waals surface area contributed by atoms with Gasteiger partial charge in [-0.05, 0) is 31.2 Å². The highest BCUT2D eigenvalue weighted by atomic mass is 16.5. The van der Waals surface area contributed by atoms with E-state index in [9.17, 15) is 4.79 Å². The Bertz CT molecular complexity index is 1070. The lowest BCUT2D eigenvalue weighted by atomic mass is 10.0. The summed E-state index contributed by atoms with van der Waals surface area (Å²) in [6.07, 6.45) is 3.56. The van der Waals surface area contributed by atoms with Crippen LogP contribution in [0, 0.1) is 5.92 Å². The normalized spacial score (nSPS) is 19.8. The van der Waals surface area contributed by atoms with Crippen molar-refractivity contribution in [3.8, 4) is 0 Å². The van der Waals surface area contributed by atoms with E-state index in [0.717, 1.165) is 50.0 Å². The number of aromatic nitrogens is 4. The minimum atomic E-state index is -0.0504. The monoisotopic (exact) mass is 439 g/mol. The van der Waals surface area contributed by atoms with Gasteiger partial charge in [0.25, 0.3) is 5.91 Å². The summed E-state index contributed by atoms with van der Waals surface area (Å²) < 4.78 is 18.5. The van der Waals surface area contributed by atoms with Gasteiger partial charge in [0, 0.05) is 51.8 Å². The first-order chi connectivity index (χ1) is 15.7. The smallest absolute Gasteiger partial charge is 0.275 e. The fourth-order valence-corrected chi connectivity index (χ4v) is 4.53. The second-order valence-electron chi connectivity index (χ2n) is 8.66. The number of hydrogen-bond acceptors (Lipinski definition) is 7. The number of carbonyl (C=O) groups is 1. The molecule has 0 N–H and O–H groups in total. The van der Waals surface area contributed by atoms with Crippen molar-refractivity contribution in [2.75, 3.05) is 39.5 Å². The van der Waals surface area contributed by atoms with Gasteiger partial charge in [-0.2, -0.15) is 10.1 Å². The minimum Gasteiger partial charge on any atom is -0.381 e. The number of carbonyl (C=O) groups excluding carboxylic acids is 1. The molecule has 4 heterocycles. The highest BCUT2D eigenvalue weighted by Gasteiger charge is 2.33. The quantitative estimate of drug-likeness (QED) is 0.522. The Kier molecular flexibility index (Phi) is 6.18. The minimum absolute atomic E-state index is 0.0504. The third-order valence-corrected chi connectivity index (χ3v) is 6.43. The molecule has 2 fully saturated rings. The SMILES string of the molecule is Cn1nc(C(=O)N2CCC(c3nc(CCOCC4CCOCC4)no3)C2)c2ccccc21. The van der Waals surface area contributed by atoms with Crippen molar-refractivity contribution in [2.45, 2.75) is 31.6 Å². The number of rotatable bonds is 7. The van der Waals surface area contributed by atoms with Crippen LogP contribution in [0.4, 0.5) is 0 Å². The number of nitrogens with zero attached hydrogens (tertiary/aromatic N) is 5. The predicted molar refractivity (Wildman–Crippen MR) is 116 cm³/mol. The second kappa shape index (κ2) is 9.38. The fourth-order valence-electron chi connectivity index (χ4n) is 4.53. The third kappa shape index (κ3) is 4.40. The van der Waals surface area contributed by atoms with Gasteiger partial charge in [-0.15, -0.1) is 0 Å². The van der Waals surface area contributed by atoms with Crippen molar-refractivity contribution in [2.24, 2.45) is 13.0 Å². The number of likely N-dealkylation sites (tertiary alicyclic amines) is 1. The van der Waals surface area contributed by atoms with E-state index in [4.69, 9.17) is 14.0 Å². The predicted octanol–water partition coefficient (Wildman–Crippen LogP) is 2.57. The Balaban J connectivity index is 1.14. The van der Waals surface area contributed by atoms with Gasteiger partial charge in [0.05, 0.1) is 18.0 Å². The summed E-state index contributed by atoms with van der Waals surface area (Å²) in [5.74, 6) is 1.85. The first-order valence-electron chi connectivity index (χ1n) is 11.4. The molecule has 1 amide bonds. The zero-order valence-corrected chi connectivity index (χ0v) is 18.4. The molecule has 170 valence electrons. The average molecular weight is 440 g/mol. The van der Waals surface area contributed by atoms with Gasteiger partial charge >= 0.3 is 0 Å². The number of aryl methyl sites for hydroxylation is 1. The second-order valence-corrected chi connectivity index (χ2v) is 8.66. The molecule has 0 aliphatic carbocycles. The van der Waals surface area contributed by atoms with E-state index in [1.54, 1.807) is 4.68 Å². The van der Waals surface area contributed by atoms with Crippen LogP contribution in [0.15, 0.2) is 28.8 Å². The van der Waals surface area contributed by atoms with Crippen LogP contribution in [0.2, 0.25) is 0 Å². The van der Waals surface area contributed by atoms with Gasteiger partial charge in [-0.3, -0.25) is 9.48 Å². The summed E-state index contributed by atoms with van der Waals surface area (Å²) in [5, 5.41) is 9.46. The largest absolute Gasteiger partial charge is 0.381 e. The van der Waals surface area contributed by atoms with Crippen LogP contribution in [-0.2, 0) is 22.9 Å². The molecule has 2 aromatic heterocycles. The zero-order chi connectivity index (χ0) is 21.9. The van der Waals surface area contributed by atoms with Crippen molar-refractivity contribution in [1.29, 1.82) is 0 Å². The highest BCUT2D eigenvalue weighted by molar-refractivity contribution is 6.04. The molecule has 0 saturated carbocycles. The lowest BCUT2D eigenvalue weighted by Gasteiger charge is -2.21. The number of para-hydroxylation sites is 1. The Morgan fingerprint density at radius 2 is 2.06 bits per heavy atom. The van der Waals surface area contributed by atoms with E-state index < -0.39 is 0 Å². The maximum Gasteiger partial charge on any atom is 0.275 e. The van der Waals surface area contributed by atoms with Crippen LogP contribution < -0.4 is 0 Å². The van der Waals surface area contributed by atoms with Gasteiger partial charge in [0.2, 0.25) is 5.89 Å². The number of ether oxygens (including phenoxy) is 2. The fraction of sp³-hybridized carbons (Fsp3) is 0.565. The van der Waals surface area contributed by atoms with E-state index in [0.29, 0.717) is 49.4 Å². The molecule has 1 atom stereocenters. The summed E-state index contributed by atoms with van der Waals surface area (Å²) >= 11 is 0. The standard InChI is InChI=1S/C23H29N5O4/c1-27-19-5-3-2-4-18(19)21(25-27)23(29)28-10-6-17(14-28)22-24-20(26-32-22)9-13-31-15-16-7-11-30-12-8-16/h2-5,16-17H,6-15H2,1H3. The number of fused-ring (bicyclic) bond motifs is 1. The Morgan fingerprint density at radius 3 is 2.94 bits per heavy atom. The van der Waals surface area contributed by atoms with Crippen LogP contribution in [0.3, 0.4) is 0 Å². The molecule has 2 saturated heterocycles. The first kappa shape index (κ1) is 21.1. The molecular weight excluding hydrogens is 410 g/mol. The Hall–Kier alpha value is -2.78. The van der Waals surface area contributed by atoms with E-state index >= 15 is 0 Å². The summed E-state index contributed by atoms with van der Waals surface area (Å²) in [7, 11) is 1.86. The summed E-state index contributed by atoms with van der Waals surface area (Å²) in [6, 6.07) is 7.80. The molecule has 2 aliphatic rings. The molecule has 0 radical (unpaired) electrons. The van der Waals surface area contributed by atoms with Gasteiger partial charge in [0.1, 0.15) is 0 Å². The molecule has 0 spiro atoms. The van der Waals surface area contributed by atoms with Gasteiger partial charge in [-0.1, -0.05) is 23.4 Å². The van der Waals surface area contributed by atoms with E-state index in [1.807, 2.05) is 36.2 Å². The van der Waals surface area contributed by atoms with Crippen LogP contribution in [0.1, 0.15) is 47.4 Å². The molecule has 9 nitrogen and oxygen atoms in total. The zero-order valence-electron chi connectivity index (χ0n) is 18.4. The summed E-state index contributed by atoms with van der Waals surface area (Å²) in [4.78, 5) is 19.5. The van der Waals surface area contributed by atoms with Crippen molar-refractivity contribution in [3.63, 3.8) is 0 Å². The molecule has 9 heteroatoms. The van der Waals surface area contributed by atoms with Gasteiger partial charge in [-0.25, -0.2) is 0 Å². The Morgan fingerprint density at radius 1 is 1.22 bits per heavy atom. The van der Waals surface area contributed by atoms with Crippen molar-refractivity contribution in [1.82, 2.24) is 24.8 Å². The Labute approximate surface area is 186 Å². The molecular formula is C23H29N5O4. The van der Waals surface area contributed by atoms with E-state index in [-0.39, 0.29) is 11.8 Å². The third-order valence-electron chi connectivity index (χ3n) is 6.43.